The Labute approximate surface area is 141 Å². The molecule has 1 aromatic heterocycles. The van der Waals surface area contributed by atoms with Crippen LogP contribution in [0.25, 0.3) is 11.1 Å². The van der Waals surface area contributed by atoms with Crippen LogP contribution in [-0.4, -0.2) is 15.7 Å². The normalized spacial score (nSPS) is 12.9. The number of carbonyl (C=O) groups excluding carboxylic acids is 1. The van der Waals surface area contributed by atoms with Crippen LogP contribution in [0.15, 0.2) is 54.6 Å². The van der Waals surface area contributed by atoms with Gasteiger partial charge in [0.1, 0.15) is 5.82 Å². The summed E-state index contributed by atoms with van der Waals surface area (Å²) in [5.41, 5.74) is 5.21. The van der Waals surface area contributed by atoms with Crippen molar-refractivity contribution in [1.82, 2.24) is 9.78 Å². The van der Waals surface area contributed by atoms with Crippen LogP contribution in [0.4, 0.5) is 5.82 Å². The van der Waals surface area contributed by atoms with Crippen LogP contribution in [0.5, 0.6) is 0 Å². The van der Waals surface area contributed by atoms with Crippen LogP contribution in [-0.2, 0) is 19.9 Å². The van der Waals surface area contributed by atoms with Crippen molar-refractivity contribution in [2.75, 3.05) is 5.32 Å². The molecule has 1 aliphatic carbocycles. The van der Waals surface area contributed by atoms with Gasteiger partial charge in [0, 0.05) is 18.2 Å². The fourth-order valence-electron chi connectivity index (χ4n) is 3.30. The smallest absolute Gasteiger partial charge is 0.256 e. The van der Waals surface area contributed by atoms with Gasteiger partial charge in [-0.1, -0.05) is 42.5 Å². The summed E-state index contributed by atoms with van der Waals surface area (Å²) >= 11 is 0. The Morgan fingerprint density at radius 3 is 2.46 bits per heavy atom. The summed E-state index contributed by atoms with van der Waals surface area (Å²) < 4.78 is 1.78. The number of nitrogens with zero attached hydrogens (tertiary/aromatic N) is 2. The van der Waals surface area contributed by atoms with Crippen molar-refractivity contribution in [1.29, 1.82) is 0 Å². The van der Waals surface area contributed by atoms with E-state index in [0.717, 1.165) is 41.9 Å². The van der Waals surface area contributed by atoms with Crippen molar-refractivity contribution in [2.45, 2.75) is 19.3 Å². The first-order valence-corrected chi connectivity index (χ1v) is 8.24. The zero-order chi connectivity index (χ0) is 16.5. The van der Waals surface area contributed by atoms with E-state index in [1.165, 1.54) is 5.56 Å². The predicted octanol–water partition coefficient (Wildman–Crippen LogP) is 3.83. The molecular weight excluding hydrogens is 298 g/mol. The molecule has 0 saturated carbocycles. The van der Waals surface area contributed by atoms with Crippen molar-refractivity contribution >= 4 is 11.7 Å². The van der Waals surface area contributed by atoms with E-state index in [9.17, 15) is 4.79 Å². The van der Waals surface area contributed by atoms with Gasteiger partial charge in [-0.2, -0.15) is 5.10 Å². The molecule has 2 aromatic carbocycles. The summed E-state index contributed by atoms with van der Waals surface area (Å²) in [4.78, 5) is 12.6. The van der Waals surface area contributed by atoms with E-state index in [-0.39, 0.29) is 5.91 Å². The van der Waals surface area contributed by atoms with Crippen molar-refractivity contribution in [3.63, 3.8) is 0 Å². The Morgan fingerprint density at radius 1 is 1.00 bits per heavy atom. The second kappa shape index (κ2) is 5.96. The first-order valence-electron chi connectivity index (χ1n) is 8.24. The maximum atomic E-state index is 12.6. The van der Waals surface area contributed by atoms with Gasteiger partial charge in [-0.05, 0) is 42.5 Å². The lowest BCUT2D eigenvalue weighted by atomic mass is 10.0. The largest absolute Gasteiger partial charge is 0.307 e. The molecule has 0 bridgehead atoms. The highest BCUT2D eigenvalue weighted by atomic mass is 16.1. The molecule has 4 nitrogen and oxygen atoms in total. The van der Waals surface area contributed by atoms with Crippen molar-refractivity contribution < 1.29 is 4.79 Å². The van der Waals surface area contributed by atoms with E-state index >= 15 is 0 Å². The lowest BCUT2D eigenvalue weighted by Crippen LogP contribution is -2.15. The third-order valence-electron chi connectivity index (χ3n) is 4.56. The van der Waals surface area contributed by atoms with Gasteiger partial charge < -0.3 is 5.32 Å². The van der Waals surface area contributed by atoms with Gasteiger partial charge in [0.15, 0.2) is 0 Å². The number of amides is 1. The number of aromatic nitrogens is 2. The van der Waals surface area contributed by atoms with Crippen LogP contribution in [0.3, 0.4) is 0 Å². The highest BCUT2D eigenvalue weighted by Crippen LogP contribution is 2.28. The Bertz CT molecular complexity index is 879. The molecule has 0 fully saturated rings. The molecule has 1 N–H and O–H groups in total. The average molecular weight is 317 g/mol. The second-order valence-electron chi connectivity index (χ2n) is 6.15. The first kappa shape index (κ1) is 14.7. The number of carbonyl (C=O) groups is 1. The van der Waals surface area contributed by atoms with Crippen molar-refractivity contribution in [2.24, 2.45) is 7.05 Å². The number of anilines is 1. The summed E-state index contributed by atoms with van der Waals surface area (Å²) in [7, 11) is 1.88. The number of hydrogen-bond acceptors (Lipinski definition) is 2. The Balaban J connectivity index is 1.55. The molecule has 1 aliphatic rings. The minimum atomic E-state index is -0.0905. The molecule has 0 unspecified atom stereocenters. The minimum Gasteiger partial charge on any atom is -0.307 e. The van der Waals surface area contributed by atoms with Crippen LogP contribution in [0.2, 0.25) is 0 Å². The number of fused-ring (bicyclic) bond motifs is 1. The third kappa shape index (κ3) is 2.60. The average Bonchev–Trinajstić information content (AvgIpc) is 3.18. The molecule has 24 heavy (non-hydrogen) atoms. The molecule has 0 aliphatic heterocycles. The van der Waals surface area contributed by atoms with Gasteiger partial charge in [-0.3, -0.25) is 9.48 Å². The fourth-order valence-corrected chi connectivity index (χ4v) is 3.30. The summed E-state index contributed by atoms with van der Waals surface area (Å²) in [6.45, 7) is 0. The van der Waals surface area contributed by atoms with Crippen LogP contribution >= 0.6 is 0 Å². The Morgan fingerprint density at radius 2 is 1.71 bits per heavy atom. The third-order valence-corrected chi connectivity index (χ3v) is 4.56. The topological polar surface area (TPSA) is 46.9 Å². The number of nitrogens with one attached hydrogen (secondary N) is 1. The van der Waals surface area contributed by atoms with Crippen molar-refractivity contribution in [3.05, 3.63) is 71.4 Å². The number of aryl methyl sites for hydroxylation is 2. The number of hydrogen-bond donors (Lipinski definition) is 1. The van der Waals surface area contributed by atoms with Gasteiger partial charge in [0.2, 0.25) is 0 Å². The molecule has 0 atom stereocenters. The maximum Gasteiger partial charge on any atom is 0.256 e. The van der Waals surface area contributed by atoms with Gasteiger partial charge in [-0.15, -0.1) is 0 Å². The van der Waals surface area contributed by atoms with Crippen LogP contribution in [0, 0.1) is 0 Å². The van der Waals surface area contributed by atoms with E-state index < -0.39 is 0 Å². The molecule has 1 amide bonds. The summed E-state index contributed by atoms with van der Waals surface area (Å²) in [5.74, 6) is 0.743. The zero-order valence-corrected chi connectivity index (χ0v) is 13.6. The lowest BCUT2D eigenvalue weighted by Gasteiger charge is -2.08. The highest BCUT2D eigenvalue weighted by molar-refractivity contribution is 6.04. The van der Waals surface area contributed by atoms with E-state index in [2.05, 4.69) is 22.5 Å². The van der Waals surface area contributed by atoms with Gasteiger partial charge in [-0.25, -0.2) is 0 Å². The summed E-state index contributed by atoms with van der Waals surface area (Å²) in [6, 6.07) is 17.9. The molecule has 3 aromatic rings. The Kier molecular flexibility index (Phi) is 3.65. The van der Waals surface area contributed by atoms with Gasteiger partial charge in [0.05, 0.1) is 5.69 Å². The quantitative estimate of drug-likeness (QED) is 0.798. The second-order valence-corrected chi connectivity index (χ2v) is 6.15. The molecule has 1 heterocycles. The maximum absolute atomic E-state index is 12.6. The van der Waals surface area contributed by atoms with E-state index in [1.807, 2.05) is 49.5 Å². The lowest BCUT2D eigenvalue weighted by molar-refractivity contribution is 0.102. The minimum absolute atomic E-state index is 0.0905. The SMILES string of the molecule is Cn1nc2c(c1NC(=O)c1ccc(-c3ccccc3)cc1)CCC2. The molecule has 0 saturated heterocycles. The monoisotopic (exact) mass is 317 g/mol. The van der Waals surface area contributed by atoms with Crippen LogP contribution in [0.1, 0.15) is 28.0 Å². The van der Waals surface area contributed by atoms with Gasteiger partial charge >= 0.3 is 0 Å². The molecule has 4 heteroatoms. The van der Waals surface area contributed by atoms with Crippen molar-refractivity contribution in [3.8, 4) is 11.1 Å². The number of benzene rings is 2. The van der Waals surface area contributed by atoms with E-state index in [1.54, 1.807) is 4.68 Å². The summed E-state index contributed by atoms with van der Waals surface area (Å²) in [5, 5.41) is 7.52. The molecule has 4 rings (SSSR count). The zero-order valence-electron chi connectivity index (χ0n) is 13.6. The molecule has 0 radical (unpaired) electrons. The standard InChI is InChI=1S/C20H19N3O/c1-23-19(17-8-5-9-18(17)22-23)21-20(24)16-12-10-15(11-13-16)14-6-3-2-4-7-14/h2-4,6-7,10-13H,5,8-9H2,1H3,(H,21,24). The van der Waals surface area contributed by atoms with E-state index in [0.29, 0.717) is 5.56 Å². The molecule has 0 spiro atoms. The van der Waals surface area contributed by atoms with E-state index in [4.69, 9.17) is 0 Å². The predicted molar refractivity (Wildman–Crippen MR) is 95.1 cm³/mol. The fraction of sp³-hybridized carbons (Fsp3) is 0.200. The molecular formula is C20H19N3O. The van der Waals surface area contributed by atoms with Gasteiger partial charge in [0.25, 0.3) is 5.91 Å². The summed E-state index contributed by atoms with van der Waals surface area (Å²) in [6.07, 6.45) is 3.11. The highest BCUT2D eigenvalue weighted by Gasteiger charge is 2.22. The molecule has 120 valence electrons. The Hall–Kier alpha value is -2.88. The number of rotatable bonds is 3. The van der Waals surface area contributed by atoms with Crippen LogP contribution < -0.4 is 5.32 Å². The first-order chi connectivity index (χ1) is 11.7.